The molecule has 3 aliphatic heterocycles. The van der Waals surface area contributed by atoms with Crippen LogP contribution in [0.25, 0.3) is 55.9 Å². The molecule has 9 heterocycles. The first-order chi connectivity index (χ1) is 22.2. The average Bonchev–Trinajstić information content (AvgIpc) is 3.86. The van der Waals surface area contributed by atoms with E-state index in [0.717, 1.165) is 39.0 Å². The van der Waals surface area contributed by atoms with Gasteiger partial charge in [-0.2, -0.15) is 0 Å². The third-order valence-electron chi connectivity index (χ3n) is 8.64. The van der Waals surface area contributed by atoms with Crippen LogP contribution in [-0.4, -0.2) is 55.7 Å². The summed E-state index contributed by atoms with van der Waals surface area (Å²) in [7, 11) is -4.91. The molecule has 12 nitrogen and oxygen atoms in total. The van der Waals surface area contributed by atoms with Gasteiger partial charge < -0.3 is 17.7 Å². The molecule has 2 aromatic carbocycles. The highest BCUT2D eigenvalue weighted by Crippen LogP contribution is 2.28. The molecule has 0 spiro atoms. The number of pyridine rings is 2. The van der Waals surface area contributed by atoms with E-state index in [2.05, 4.69) is 81.6 Å². The predicted molar refractivity (Wildman–Crippen MR) is 177 cm³/mol. The van der Waals surface area contributed by atoms with Gasteiger partial charge in [0.25, 0.3) is 8.32 Å². The third kappa shape index (κ3) is 4.25. The fraction of sp³-hybridized carbons (Fsp3) is 0.188. The van der Waals surface area contributed by atoms with Gasteiger partial charge in [-0.3, -0.25) is 9.13 Å². The normalized spacial score (nSPS) is 16.3. The van der Waals surface area contributed by atoms with Gasteiger partial charge in [-0.05, 0) is 61.2 Å². The molecule has 0 amide bonds. The summed E-state index contributed by atoms with van der Waals surface area (Å²) in [4.78, 5) is 28.0. The molecule has 8 aromatic rings. The molecule has 0 unspecified atom stereocenters. The third-order valence-corrected chi connectivity index (χ3v) is 13.3. The molecule has 0 fully saturated rings. The zero-order valence-corrected chi connectivity index (χ0v) is 27.6. The fourth-order valence-corrected chi connectivity index (χ4v) is 8.91. The molecule has 11 rings (SSSR count). The number of hydrogen-bond acceptors (Lipinski definition) is 10. The number of nitrogens with zero attached hydrogens (tertiary/aromatic N) is 8. The van der Waals surface area contributed by atoms with Crippen molar-refractivity contribution in [3.63, 3.8) is 0 Å². The number of hydrogen-bond donors (Lipinski definition) is 0. The highest BCUT2D eigenvalue weighted by Gasteiger charge is 2.34. The van der Waals surface area contributed by atoms with Crippen molar-refractivity contribution in [2.45, 2.75) is 39.4 Å². The highest BCUT2D eigenvalue weighted by molar-refractivity contribution is 6.84. The van der Waals surface area contributed by atoms with Crippen molar-refractivity contribution in [2.24, 2.45) is 0 Å². The average molecular weight is 645 g/mol. The van der Waals surface area contributed by atoms with Crippen LogP contribution in [0.1, 0.15) is 11.5 Å². The van der Waals surface area contributed by atoms with E-state index >= 15 is 0 Å². The van der Waals surface area contributed by atoms with Crippen molar-refractivity contribution in [1.29, 1.82) is 0 Å². The number of rotatable bonds is 0. The van der Waals surface area contributed by atoms with E-state index in [0.29, 0.717) is 40.5 Å². The van der Waals surface area contributed by atoms with Crippen molar-refractivity contribution < 1.29 is 17.7 Å². The molecule has 0 atom stereocenters. The SMILES string of the molecule is C[Si]1(C)OCc2ccc(cc2)-n2cnc3cnc4oc(nc4c32)CO[Si](C)(C)c2nc3c(ncc4ncn(c43)-c3ccc1cc3)o2. The molecular formula is C32H28N8O4Si2. The van der Waals surface area contributed by atoms with Gasteiger partial charge >= 0.3 is 0 Å². The second-order valence-electron chi connectivity index (χ2n) is 12.5. The Kier molecular flexibility index (Phi) is 5.78. The topological polar surface area (TPSA) is 132 Å². The summed E-state index contributed by atoms with van der Waals surface area (Å²) in [6, 6.07) is 16.8. The molecule has 0 radical (unpaired) electrons. The largest absolute Gasteiger partial charge is 0.424 e. The Morgan fingerprint density at radius 2 is 1.17 bits per heavy atom. The van der Waals surface area contributed by atoms with Crippen LogP contribution >= 0.6 is 0 Å². The van der Waals surface area contributed by atoms with Gasteiger partial charge in [0.05, 0.1) is 19.0 Å². The molecule has 0 aliphatic carbocycles. The Labute approximate surface area is 263 Å². The lowest BCUT2D eigenvalue weighted by atomic mass is 10.2. The van der Waals surface area contributed by atoms with Crippen molar-refractivity contribution in [1.82, 2.24) is 39.0 Å². The van der Waals surface area contributed by atoms with Gasteiger partial charge in [0.1, 0.15) is 41.3 Å². The molecule has 228 valence electrons. The molecule has 14 heteroatoms. The Bertz CT molecular complexity index is 2440. The molecule has 0 saturated carbocycles. The van der Waals surface area contributed by atoms with E-state index in [9.17, 15) is 0 Å². The van der Waals surface area contributed by atoms with Crippen molar-refractivity contribution in [3.05, 3.63) is 85.0 Å². The van der Waals surface area contributed by atoms with E-state index in [1.165, 1.54) is 5.19 Å². The Balaban J connectivity index is 1.20. The lowest BCUT2D eigenvalue weighted by Gasteiger charge is -2.24. The maximum absolute atomic E-state index is 6.59. The predicted octanol–water partition coefficient (Wildman–Crippen LogP) is 5.01. The van der Waals surface area contributed by atoms with Crippen LogP contribution in [0.4, 0.5) is 0 Å². The Hall–Kier alpha value is -5.03. The van der Waals surface area contributed by atoms with E-state index in [1.54, 1.807) is 25.0 Å². The summed E-state index contributed by atoms with van der Waals surface area (Å²) in [5, 5.41) is 1.20. The summed E-state index contributed by atoms with van der Waals surface area (Å²) < 4.78 is 29.4. The first kappa shape index (κ1) is 27.3. The van der Waals surface area contributed by atoms with Gasteiger partial charge in [0.15, 0.2) is 11.0 Å². The lowest BCUT2D eigenvalue weighted by molar-refractivity contribution is 0.260. The van der Waals surface area contributed by atoms with E-state index < -0.39 is 16.6 Å². The standard InChI is InChI=1S/C32H28N8O4Si2/c1-45(2)22-11-9-21(10-12-22)40-18-36-24-14-34-31-27(29(24)40)38-32(44-31)46(3,4)42-16-25-37-26-28-23(13-33-30(26)43-25)35-17-39(28)20-7-5-19(6-8-20)15-41-45/h5-14,17-18H,15-16H2,1-4H3. The van der Waals surface area contributed by atoms with Gasteiger partial charge in [-0.25, -0.2) is 29.9 Å². The molecule has 0 saturated heterocycles. The van der Waals surface area contributed by atoms with Gasteiger partial charge in [-0.1, -0.05) is 24.3 Å². The number of fused-ring (bicyclic) bond motifs is 2. The maximum atomic E-state index is 6.59. The molecular weight excluding hydrogens is 617 g/mol. The molecule has 6 aromatic heterocycles. The van der Waals surface area contributed by atoms with Crippen LogP contribution in [0.5, 0.6) is 0 Å². The monoisotopic (exact) mass is 644 g/mol. The van der Waals surface area contributed by atoms with E-state index in [-0.39, 0.29) is 6.61 Å². The minimum Gasteiger partial charge on any atom is -0.424 e. The van der Waals surface area contributed by atoms with Gasteiger partial charge in [0, 0.05) is 11.4 Å². The summed E-state index contributed by atoms with van der Waals surface area (Å²) in [5.74, 6) is 0.412. The summed E-state index contributed by atoms with van der Waals surface area (Å²) in [6.07, 6.45) is 7.00. The zero-order valence-electron chi connectivity index (χ0n) is 25.6. The zero-order chi connectivity index (χ0) is 31.2. The molecule has 0 N–H and O–H groups in total. The summed E-state index contributed by atoms with van der Waals surface area (Å²) in [5.41, 5.74) is 8.73. The van der Waals surface area contributed by atoms with Gasteiger partial charge in [0.2, 0.25) is 31.1 Å². The highest BCUT2D eigenvalue weighted by atomic mass is 28.4. The van der Waals surface area contributed by atoms with Crippen LogP contribution in [0.3, 0.4) is 0 Å². The summed E-state index contributed by atoms with van der Waals surface area (Å²) >= 11 is 0. The summed E-state index contributed by atoms with van der Waals surface area (Å²) in [6.45, 7) is 9.14. The molecule has 8 bridgehead atoms. The second kappa shape index (κ2) is 9.74. The Morgan fingerprint density at radius 3 is 1.83 bits per heavy atom. The number of oxazole rings is 2. The minimum atomic E-state index is -2.68. The van der Waals surface area contributed by atoms with Crippen molar-refractivity contribution in [2.75, 3.05) is 0 Å². The first-order valence-electron chi connectivity index (χ1n) is 15.0. The van der Waals surface area contributed by atoms with Crippen LogP contribution in [-0.2, 0) is 22.1 Å². The van der Waals surface area contributed by atoms with Crippen LogP contribution in [0.15, 0.2) is 82.4 Å². The quantitative estimate of drug-likeness (QED) is 0.208. The van der Waals surface area contributed by atoms with Crippen LogP contribution < -0.4 is 10.7 Å². The van der Waals surface area contributed by atoms with E-state index in [1.807, 2.05) is 22.2 Å². The molecule has 3 aliphatic rings. The van der Waals surface area contributed by atoms with Gasteiger partial charge in [-0.15, -0.1) is 0 Å². The van der Waals surface area contributed by atoms with Crippen LogP contribution in [0.2, 0.25) is 26.2 Å². The van der Waals surface area contributed by atoms with Crippen molar-refractivity contribution in [3.8, 4) is 11.4 Å². The lowest BCUT2D eigenvalue weighted by Crippen LogP contribution is -2.45. The second-order valence-corrected chi connectivity index (χ2v) is 20.1. The number of imidazole rings is 2. The minimum absolute atomic E-state index is 0.130. The van der Waals surface area contributed by atoms with Crippen LogP contribution in [0, 0.1) is 0 Å². The maximum Gasteiger partial charge on any atom is 0.283 e. The fourth-order valence-electron chi connectivity index (χ4n) is 5.91. The van der Waals surface area contributed by atoms with Crippen molar-refractivity contribution >= 4 is 71.9 Å². The smallest absolute Gasteiger partial charge is 0.283 e. The van der Waals surface area contributed by atoms with E-state index in [4.69, 9.17) is 27.7 Å². The number of benzene rings is 2. The molecule has 46 heavy (non-hydrogen) atoms. The first-order valence-corrected chi connectivity index (χ1v) is 20.8. The number of aromatic nitrogens is 8. The Morgan fingerprint density at radius 1 is 0.609 bits per heavy atom.